The van der Waals surface area contributed by atoms with Crippen LogP contribution in [0, 0.1) is 0 Å². The standard InChI is InChI=1S/C16H23ClN2O3/c1-18-10-13(21-3)8-12(18)9-19(2)16(20)11-22-15-7-5-4-6-14(15)17/h4-7,12-13H,8-11H2,1-3H3/t12-,13-/m0/s1. The molecule has 1 fully saturated rings. The Balaban J connectivity index is 1.81. The summed E-state index contributed by atoms with van der Waals surface area (Å²) in [6.07, 6.45) is 1.19. The first-order valence-electron chi connectivity index (χ1n) is 7.35. The first-order valence-corrected chi connectivity index (χ1v) is 7.73. The van der Waals surface area contributed by atoms with E-state index in [1.54, 1.807) is 31.2 Å². The van der Waals surface area contributed by atoms with Crippen molar-refractivity contribution in [1.82, 2.24) is 9.80 Å². The number of carbonyl (C=O) groups excluding carboxylic acids is 1. The summed E-state index contributed by atoms with van der Waals surface area (Å²) < 4.78 is 10.9. The second-order valence-corrected chi connectivity index (χ2v) is 6.09. The lowest BCUT2D eigenvalue weighted by molar-refractivity contribution is -0.132. The van der Waals surface area contributed by atoms with Gasteiger partial charge in [-0.2, -0.15) is 0 Å². The highest BCUT2D eigenvalue weighted by molar-refractivity contribution is 6.32. The van der Waals surface area contributed by atoms with Gasteiger partial charge in [-0.15, -0.1) is 0 Å². The molecule has 5 nitrogen and oxygen atoms in total. The van der Waals surface area contributed by atoms with Gasteiger partial charge in [0.05, 0.1) is 11.1 Å². The van der Waals surface area contributed by atoms with Gasteiger partial charge in [0.1, 0.15) is 5.75 Å². The lowest BCUT2D eigenvalue weighted by atomic mass is 10.2. The normalized spacial score (nSPS) is 21.8. The maximum atomic E-state index is 12.2. The molecule has 0 radical (unpaired) electrons. The summed E-state index contributed by atoms with van der Waals surface area (Å²) in [5, 5.41) is 0.511. The third-order valence-corrected chi connectivity index (χ3v) is 4.39. The molecule has 1 amide bonds. The van der Waals surface area contributed by atoms with Gasteiger partial charge in [-0.1, -0.05) is 23.7 Å². The van der Waals surface area contributed by atoms with Crippen LogP contribution >= 0.6 is 11.6 Å². The lowest BCUT2D eigenvalue weighted by Crippen LogP contribution is -2.41. The van der Waals surface area contributed by atoms with Crippen LogP contribution < -0.4 is 4.74 Å². The van der Waals surface area contributed by atoms with E-state index in [9.17, 15) is 4.79 Å². The molecule has 0 N–H and O–H groups in total. The van der Waals surface area contributed by atoms with Gasteiger partial charge in [-0.3, -0.25) is 9.69 Å². The molecule has 0 unspecified atom stereocenters. The van der Waals surface area contributed by atoms with Crippen molar-refractivity contribution in [3.05, 3.63) is 29.3 Å². The number of methoxy groups -OCH3 is 1. The van der Waals surface area contributed by atoms with Gasteiger partial charge in [0.2, 0.25) is 0 Å². The van der Waals surface area contributed by atoms with Crippen molar-refractivity contribution in [1.29, 1.82) is 0 Å². The molecule has 1 aliphatic rings. The summed E-state index contributed by atoms with van der Waals surface area (Å²) >= 11 is 6.01. The minimum absolute atomic E-state index is 0.00955. The van der Waals surface area contributed by atoms with Gasteiger partial charge in [0.25, 0.3) is 5.91 Å². The van der Waals surface area contributed by atoms with Gasteiger partial charge in [-0.05, 0) is 25.6 Å². The van der Waals surface area contributed by atoms with Crippen molar-refractivity contribution in [2.24, 2.45) is 0 Å². The third-order valence-electron chi connectivity index (χ3n) is 4.08. The number of nitrogens with zero attached hydrogens (tertiary/aromatic N) is 2. The monoisotopic (exact) mass is 326 g/mol. The molecule has 0 aliphatic carbocycles. The van der Waals surface area contributed by atoms with E-state index in [2.05, 4.69) is 11.9 Å². The van der Waals surface area contributed by atoms with Crippen molar-refractivity contribution in [2.45, 2.75) is 18.6 Å². The number of rotatable bonds is 6. The minimum Gasteiger partial charge on any atom is -0.482 e. The predicted octanol–water partition coefficient (Wildman–Crippen LogP) is 1.90. The zero-order valence-corrected chi connectivity index (χ0v) is 14.0. The van der Waals surface area contributed by atoms with Gasteiger partial charge < -0.3 is 14.4 Å². The molecule has 6 heteroatoms. The van der Waals surface area contributed by atoms with Crippen LogP contribution in [0.5, 0.6) is 5.75 Å². The van der Waals surface area contributed by atoms with Crippen LogP contribution in [-0.2, 0) is 9.53 Å². The molecular weight excluding hydrogens is 304 g/mol. The zero-order valence-electron chi connectivity index (χ0n) is 13.3. The zero-order chi connectivity index (χ0) is 16.1. The fraction of sp³-hybridized carbons (Fsp3) is 0.562. The molecular formula is C16H23ClN2O3. The van der Waals surface area contributed by atoms with E-state index < -0.39 is 0 Å². The molecule has 2 rings (SSSR count). The highest BCUT2D eigenvalue weighted by Gasteiger charge is 2.30. The number of halogens is 1. The number of carbonyl (C=O) groups is 1. The molecule has 1 aromatic rings. The van der Waals surface area contributed by atoms with Crippen LogP contribution in [0.25, 0.3) is 0 Å². The van der Waals surface area contributed by atoms with Gasteiger partial charge in [0.15, 0.2) is 6.61 Å². The fourth-order valence-electron chi connectivity index (χ4n) is 2.64. The fourth-order valence-corrected chi connectivity index (χ4v) is 2.83. The van der Waals surface area contributed by atoms with Crippen LogP contribution in [0.2, 0.25) is 5.02 Å². The molecule has 22 heavy (non-hydrogen) atoms. The maximum Gasteiger partial charge on any atom is 0.260 e. The Morgan fingerprint density at radius 1 is 1.45 bits per heavy atom. The van der Waals surface area contributed by atoms with Crippen molar-refractivity contribution < 1.29 is 14.3 Å². The van der Waals surface area contributed by atoms with Crippen molar-refractivity contribution >= 4 is 17.5 Å². The van der Waals surface area contributed by atoms with Gasteiger partial charge >= 0.3 is 0 Å². The second kappa shape index (κ2) is 7.81. The molecule has 0 aromatic heterocycles. The SMILES string of the molecule is CO[C@H]1C[C@@H](CN(C)C(=O)COc2ccccc2Cl)N(C)C1. The Bertz CT molecular complexity index is 512. The number of amides is 1. The first kappa shape index (κ1) is 17.1. The molecule has 0 saturated carbocycles. The van der Waals surface area contributed by atoms with Crippen LogP contribution in [0.1, 0.15) is 6.42 Å². The van der Waals surface area contributed by atoms with E-state index in [1.807, 2.05) is 12.1 Å². The molecule has 0 spiro atoms. The van der Waals surface area contributed by atoms with Crippen molar-refractivity contribution in [3.63, 3.8) is 0 Å². The minimum atomic E-state index is -0.0609. The number of hydrogen-bond acceptors (Lipinski definition) is 4. The summed E-state index contributed by atoms with van der Waals surface area (Å²) in [5.41, 5.74) is 0. The quantitative estimate of drug-likeness (QED) is 0.800. The van der Waals surface area contributed by atoms with Crippen LogP contribution in [0.4, 0.5) is 0 Å². The predicted molar refractivity (Wildman–Crippen MR) is 86.4 cm³/mol. The summed E-state index contributed by atoms with van der Waals surface area (Å²) in [6.45, 7) is 1.56. The van der Waals surface area contributed by atoms with Crippen LogP contribution in [0.15, 0.2) is 24.3 Å². The number of likely N-dealkylation sites (N-methyl/N-ethyl adjacent to an activating group) is 2. The topological polar surface area (TPSA) is 42.0 Å². The number of ether oxygens (including phenoxy) is 2. The Labute approximate surface area is 136 Å². The summed E-state index contributed by atoms with van der Waals surface area (Å²) in [5.74, 6) is 0.470. The number of benzene rings is 1. The second-order valence-electron chi connectivity index (χ2n) is 5.68. The van der Waals surface area contributed by atoms with E-state index >= 15 is 0 Å². The average molecular weight is 327 g/mol. The Morgan fingerprint density at radius 3 is 2.82 bits per heavy atom. The van der Waals surface area contributed by atoms with Crippen molar-refractivity contribution in [2.75, 3.05) is 40.9 Å². The Hall–Kier alpha value is -1.30. The number of hydrogen-bond donors (Lipinski definition) is 0. The summed E-state index contributed by atoms with van der Waals surface area (Å²) in [4.78, 5) is 16.1. The van der Waals surface area contributed by atoms with E-state index in [0.29, 0.717) is 23.4 Å². The third kappa shape index (κ3) is 4.35. The maximum absolute atomic E-state index is 12.2. The van der Waals surface area contributed by atoms with Crippen molar-refractivity contribution in [3.8, 4) is 5.75 Å². The van der Waals surface area contributed by atoms with Crippen LogP contribution in [-0.4, -0.2) is 68.8 Å². The first-order chi connectivity index (χ1) is 10.5. The molecule has 1 aliphatic heterocycles. The Morgan fingerprint density at radius 2 is 2.18 bits per heavy atom. The molecule has 1 heterocycles. The molecule has 0 bridgehead atoms. The molecule has 122 valence electrons. The molecule has 1 aromatic carbocycles. The van der Waals surface area contributed by atoms with Gasteiger partial charge in [0, 0.05) is 33.3 Å². The van der Waals surface area contributed by atoms with E-state index in [1.165, 1.54) is 0 Å². The lowest BCUT2D eigenvalue weighted by Gasteiger charge is -2.25. The Kier molecular flexibility index (Phi) is 6.06. The van der Waals surface area contributed by atoms with E-state index in [-0.39, 0.29) is 18.6 Å². The van der Waals surface area contributed by atoms with Crippen LogP contribution in [0.3, 0.4) is 0 Å². The smallest absolute Gasteiger partial charge is 0.260 e. The number of para-hydroxylation sites is 1. The van der Waals surface area contributed by atoms with Gasteiger partial charge in [-0.25, -0.2) is 0 Å². The summed E-state index contributed by atoms with van der Waals surface area (Å²) in [7, 11) is 5.59. The number of likely N-dealkylation sites (tertiary alicyclic amines) is 1. The highest BCUT2D eigenvalue weighted by Crippen LogP contribution is 2.23. The average Bonchev–Trinajstić information content (AvgIpc) is 2.86. The highest BCUT2D eigenvalue weighted by atomic mass is 35.5. The molecule has 1 saturated heterocycles. The molecule has 2 atom stereocenters. The largest absolute Gasteiger partial charge is 0.482 e. The van der Waals surface area contributed by atoms with E-state index in [4.69, 9.17) is 21.1 Å². The summed E-state index contributed by atoms with van der Waals surface area (Å²) in [6, 6.07) is 7.46. The van der Waals surface area contributed by atoms with E-state index in [0.717, 1.165) is 13.0 Å².